The third-order valence-electron chi connectivity index (χ3n) is 3.73. The molecule has 22 heavy (non-hydrogen) atoms. The number of aryl methyl sites for hydroxylation is 1. The molecule has 1 aromatic rings. The van der Waals surface area contributed by atoms with E-state index in [1.165, 1.54) is 0 Å². The summed E-state index contributed by atoms with van der Waals surface area (Å²) < 4.78 is 0. The molecule has 2 unspecified atom stereocenters. The average Bonchev–Trinajstić information content (AvgIpc) is 2.46. The molecule has 1 aromatic carbocycles. The standard InChI is InChI=1S/C17H27N3O2/c1-6-11(4)15(18)17(22)20-13-8-7-12(5)14(9-13)16(21)19-10(2)3/h7-11,15H,6,18H2,1-5H3,(H,19,21)(H,20,22). The number of carbonyl (C=O) groups excluding carboxylic acids is 2. The molecular formula is C17H27N3O2. The second kappa shape index (κ2) is 7.94. The van der Waals surface area contributed by atoms with Crippen LogP contribution in [0.25, 0.3) is 0 Å². The number of amides is 2. The van der Waals surface area contributed by atoms with Crippen LogP contribution in [0.2, 0.25) is 0 Å². The summed E-state index contributed by atoms with van der Waals surface area (Å²) in [6.07, 6.45) is 0.838. The normalized spacial score (nSPS) is 13.6. The van der Waals surface area contributed by atoms with E-state index in [1.54, 1.807) is 12.1 Å². The number of rotatable bonds is 6. The molecule has 0 radical (unpaired) electrons. The monoisotopic (exact) mass is 305 g/mol. The third-order valence-corrected chi connectivity index (χ3v) is 3.73. The number of benzene rings is 1. The zero-order chi connectivity index (χ0) is 16.9. The van der Waals surface area contributed by atoms with Crippen LogP contribution >= 0.6 is 0 Å². The summed E-state index contributed by atoms with van der Waals surface area (Å²) in [6.45, 7) is 9.62. The smallest absolute Gasteiger partial charge is 0.251 e. The third kappa shape index (κ3) is 4.84. The molecule has 4 N–H and O–H groups in total. The lowest BCUT2D eigenvalue weighted by Crippen LogP contribution is -2.40. The summed E-state index contributed by atoms with van der Waals surface area (Å²) in [5.41, 5.74) is 7.93. The fourth-order valence-corrected chi connectivity index (χ4v) is 2.02. The predicted octanol–water partition coefficient (Wildman–Crippen LogP) is 2.45. The minimum atomic E-state index is -0.556. The summed E-state index contributed by atoms with van der Waals surface area (Å²) >= 11 is 0. The van der Waals surface area contributed by atoms with Gasteiger partial charge in [0.25, 0.3) is 5.91 Å². The van der Waals surface area contributed by atoms with Gasteiger partial charge in [0.1, 0.15) is 0 Å². The Balaban J connectivity index is 2.89. The second-order valence-corrected chi connectivity index (χ2v) is 6.06. The molecule has 0 bridgehead atoms. The minimum absolute atomic E-state index is 0.0592. The molecular weight excluding hydrogens is 278 g/mol. The Labute approximate surface area is 132 Å². The van der Waals surface area contributed by atoms with E-state index in [0.29, 0.717) is 11.3 Å². The van der Waals surface area contributed by atoms with Crippen molar-refractivity contribution in [1.82, 2.24) is 5.32 Å². The Kier molecular flexibility index (Phi) is 6.56. The first-order valence-corrected chi connectivity index (χ1v) is 7.74. The molecule has 0 saturated carbocycles. The van der Waals surface area contributed by atoms with E-state index in [2.05, 4.69) is 10.6 Å². The van der Waals surface area contributed by atoms with Gasteiger partial charge in [-0.15, -0.1) is 0 Å². The highest BCUT2D eigenvalue weighted by Gasteiger charge is 2.20. The van der Waals surface area contributed by atoms with Gasteiger partial charge in [-0.3, -0.25) is 9.59 Å². The number of hydrogen-bond acceptors (Lipinski definition) is 3. The van der Waals surface area contributed by atoms with Crippen LogP contribution in [0.5, 0.6) is 0 Å². The minimum Gasteiger partial charge on any atom is -0.350 e. The number of anilines is 1. The van der Waals surface area contributed by atoms with E-state index in [4.69, 9.17) is 5.73 Å². The summed E-state index contributed by atoms with van der Waals surface area (Å²) in [5, 5.41) is 5.64. The van der Waals surface area contributed by atoms with E-state index in [0.717, 1.165) is 12.0 Å². The molecule has 5 heteroatoms. The van der Waals surface area contributed by atoms with Crippen LogP contribution in [-0.4, -0.2) is 23.9 Å². The Morgan fingerprint density at radius 1 is 1.23 bits per heavy atom. The highest BCUT2D eigenvalue weighted by Crippen LogP contribution is 2.17. The van der Waals surface area contributed by atoms with Gasteiger partial charge in [-0.1, -0.05) is 26.3 Å². The summed E-state index contributed by atoms with van der Waals surface area (Å²) in [4.78, 5) is 24.3. The van der Waals surface area contributed by atoms with Crippen molar-refractivity contribution >= 4 is 17.5 Å². The highest BCUT2D eigenvalue weighted by atomic mass is 16.2. The van der Waals surface area contributed by atoms with Crippen molar-refractivity contribution in [3.05, 3.63) is 29.3 Å². The SMILES string of the molecule is CCC(C)C(N)C(=O)Nc1ccc(C)c(C(=O)NC(C)C)c1. The van der Waals surface area contributed by atoms with E-state index >= 15 is 0 Å². The number of nitrogens with two attached hydrogens (primary N) is 1. The lowest BCUT2D eigenvalue weighted by molar-refractivity contribution is -0.118. The number of carbonyl (C=O) groups is 2. The molecule has 0 saturated heterocycles. The van der Waals surface area contributed by atoms with Crippen molar-refractivity contribution < 1.29 is 9.59 Å². The first-order valence-electron chi connectivity index (χ1n) is 7.74. The molecule has 0 aliphatic carbocycles. The maximum Gasteiger partial charge on any atom is 0.251 e. The lowest BCUT2D eigenvalue weighted by Gasteiger charge is -2.18. The first kappa shape index (κ1) is 18.2. The topological polar surface area (TPSA) is 84.2 Å². The summed E-state index contributed by atoms with van der Waals surface area (Å²) in [6, 6.07) is 4.79. The number of hydrogen-bond donors (Lipinski definition) is 3. The molecule has 0 spiro atoms. The van der Waals surface area contributed by atoms with Crippen molar-refractivity contribution in [1.29, 1.82) is 0 Å². The van der Waals surface area contributed by atoms with Gasteiger partial charge in [-0.2, -0.15) is 0 Å². The van der Waals surface area contributed by atoms with Gasteiger partial charge in [0.05, 0.1) is 6.04 Å². The van der Waals surface area contributed by atoms with E-state index in [-0.39, 0.29) is 23.8 Å². The van der Waals surface area contributed by atoms with Gasteiger partial charge in [-0.25, -0.2) is 0 Å². The van der Waals surface area contributed by atoms with Crippen molar-refractivity contribution in [2.75, 3.05) is 5.32 Å². The van der Waals surface area contributed by atoms with Gasteiger partial charge in [0.2, 0.25) is 5.91 Å². The molecule has 122 valence electrons. The molecule has 5 nitrogen and oxygen atoms in total. The van der Waals surface area contributed by atoms with Gasteiger partial charge < -0.3 is 16.4 Å². The van der Waals surface area contributed by atoms with Crippen LogP contribution in [-0.2, 0) is 4.79 Å². The van der Waals surface area contributed by atoms with E-state index in [1.807, 2.05) is 40.7 Å². The van der Waals surface area contributed by atoms with Gasteiger partial charge in [0, 0.05) is 17.3 Å². The van der Waals surface area contributed by atoms with Gasteiger partial charge in [0.15, 0.2) is 0 Å². The Bertz CT molecular complexity index is 541. The fraction of sp³-hybridized carbons (Fsp3) is 0.529. The molecule has 0 aliphatic heterocycles. The zero-order valence-corrected chi connectivity index (χ0v) is 14.1. The van der Waals surface area contributed by atoms with Crippen LogP contribution < -0.4 is 16.4 Å². The van der Waals surface area contributed by atoms with Crippen LogP contribution in [0.3, 0.4) is 0 Å². The molecule has 0 aliphatic rings. The van der Waals surface area contributed by atoms with Crippen LogP contribution in [0.15, 0.2) is 18.2 Å². The highest BCUT2D eigenvalue weighted by molar-refractivity contribution is 5.99. The van der Waals surface area contributed by atoms with Crippen LogP contribution in [0, 0.1) is 12.8 Å². The first-order chi connectivity index (χ1) is 10.3. The maximum absolute atomic E-state index is 12.2. The van der Waals surface area contributed by atoms with Crippen LogP contribution in [0.1, 0.15) is 50.0 Å². The molecule has 2 atom stereocenters. The quantitative estimate of drug-likeness (QED) is 0.754. The zero-order valence-electron chi connectivity index (χ0n) is 14.1. The van der Waals surface area contributed by atoms with Gasteiger partial charge in [-0.05, 0) is 44.4 Å². The predicted molar refractivity (Wildman–Crippen MR) is 89.8 cm³/mol. The average molecular weight is 305 g/mol. The molecule has 0 aromatic heterocycles. The van der Waals surface area contributed by atoms with E-state index in [9.17, 15) is 9.59 Å². The van der Waals surface area contributed by atoms with Crippen molar-refractivity contribution in [2.45, 2.75) is 53.1 Å². The molecule has 0 heterocycles. The Morgan fingerprint density at radius 2 is 1.86 bits per heavy atom. The second-order valence-electron chi connectivity index (χ2n) is 6.06. The molecule has 0 fully saturated rings. The molecule has 1 rings (SSSR count). The molecule has 2 amide bonds. The van der Waals surface area contributed by atoms with Gasteiger partial charge >= 0.3 is 0 Å². The van der Waals surface area contributed by atoms with Crippen molar-refractivity contribution in [3.8, 4) is 0 Å². The number of nitrogens with one attached hydrogen (secondary N) is 2. The fourth-order valence-electron chi connectivity index (χ4n) is 2.02. The van der Waals surface area contributed by atoms with Crippen molar-refractivity contribution in [2.24, 2.45) is 11.7 Å². The summed E-state index contributed by atoms with van der Waals surface area (Å²) in [7, 11) is 0. The maximum atomic E-state index is 12.2. The van der Waals surface area contributed by atoms with Crippen LogP contribution in [0.4, 0.5) is 5.69 Å². The Hall–Kier alpha value is -1.88. The summed E-state index contributed by atoms with van der Waals surface area (Å²) in [5.74, 6) is -0.266. The lowest BCUT2D eigenvalue weighted by atomic mass is 9.99. The Morgan fingerprint density at radius 3 is 2.41 bits per heavy atom. The van der Waals surface area contributed by atoms with Crippen molar-refractivity contribution in [3.63, 3.8) is 0 Å². The van der Waals surface area contributed by atoms with E-state index < -0.39 is 6.04 Å². The largest absolute Gasteiger partial charge is 0.350 e.